The van der Waals surface area contributed by atoms with Gasteiger partial charge in [0.15, 0.2) is 0 Å². The fourth-order valence-corrected chi connectivity index (χ4v) is 3.04. The lowest BCUT2D eigenvalue weighted by atomic mass is 9.96. The first-order chi connectivity index (χ1) is 9.24. The molecule has 2 unspecified atom stereocenters. The van der Waals surface area contributed by atoms with E-state index in [4.69, 9.17) is 0 Å². The molecule has 1 aliphatic heterocycles. The van der Waals surface area contributed by atoms with Crippen LogP contribution in [-0.2, 0) is 4.79 Å². The Morgan fingerprint density at radius 2 is 2.11 bits per heavy atom. The van der Waals surface area contributed by atoms with Gasteiger partial charge in [-0.1, -0.05) is 33.1 Å². The van der Waals surface area contributed by atoms with Gasteiger partial charge in [-0.15, -0.1) is 0 Å². The summed E-state index contributed by atoms with van der Waals surface area (Å²) in [5, 5.41) is 3.52. The zero-order chi connectivity index (χ0) is 13.7. The van der Waals surface area contributed by atoms with Gasteiger partial charge < -0.3 is 10.2 Å². The van der Waals surface area contributed by atoms with Crippen LogP contribution in [0.15, 0.2) is 0 Å². The lowest BCUT2D eigenvalue weighted by molar-refractivity contribution is -0.136. The first-order valence-corrected chi connectivity index (χ1v) is 8.29. The minimum Gasteiger partial charge on any atom is -0.341 e. The maximum atomic E-state index is 12.5. The number of carbonyl (C=O) groups excluding carboxylic acids is 1. The lowest BCUT2D eigenvalue weighted by Gasteiger charge is -2.35. The molecule has 3 heteroatoms. The van der Waals surface area contributed by atoms with Crippen LogP contribution in [-0.4, -0.2) is 36.0 Å². The third-order valence-electron chi connectivity index (χ3n) is 4.57. The first kappa shape index (κ1) is 14.8. The summed E-state index contributed by atoms with van der Waals surface area (Å²) in [4.78, 5) is 14.6. The van der Waals surface area contributed by atoms with E-state index < -0.39 is 0 Å². The Morgan fingerprint density at radius 3 is 2.74 bits per heavy atom. The van der Waals surface area contributed by atoms with Gasteiger partial charge in [0.2, 0.25) is 5.91 Å². The van der Waals surface area contributed by atoms with Crippen molar-refractivity contribution in [1.29, 1.82) is 0 Å². The van der Waals surface area contributed by atoms with E-state index in [-0.39, 0.29) is 6.04 Å². The van der Waals surface area contributed by atoms with Crippen molar-refractivity contribution in [3.63, 3.8) is 0 Å². The molecule has 2 atom stereocenters. The molecule has 3 nitrogen and oxygen atoms in total. The Kier molecular flexibility index (Phi) is 5.68. The molecule has 0 aromatic heterocycles. The summed E-state index contributed by atoms with van der Waals surface area (Å²) < 4.78 is 0. The van der Waals surface area contributed by atoms with Crippen LogP contribution in [0.25, 0.3) is 0 Å². The van der Waals surface area contributed by atoms with Gasteiger partial charge in [-0.25, -0.2) is 0 Å². The predicted molar refractivity (Wildman–Crippen MR) is 79.1 cm³/mol. The standard InChI is InChI=1S/C16H30N2O/c1-3-5-7-13(4-2)12-18-11-6-8-15(16(18)19)17-14-9-10-14/h13-15,17H,3-12H2,1-2H3. The molecule has 1 N–H and O–H groups in total. The largest absolute Gasteiger partial charge is 0.341 e. The summed E-state index contributed by atoms with van der Waals surface area (Å²) in [5.74, 6) is 1.07. The fourth-order valence-electron chi connectivity index (χ4n) is 3.04. The quantitative estimate of drug-likeness (QED) is 0.732. The summed E-state index contributed by atoms with van der Waals surface area (Å²) >= 11 is 0. The minimum absolute atomic E-state index is 0.116. The monoisotopic (exact) mass is 266 g/mol. The number of likely N-dealkylation sites (tertiary alicyclic amines) is 1. The first-order valence-electron chi connectivity index (χ1n) is 8.29. The number of amides is 1. The van der Waals surface area contributed by atoms with E-state index in [1.807, 2.05) is 0 Å². The van der Waals surface area contributed by atoms with Crippen molar-refractivity contribution in [2.45, 2.75) is 77.3 Å². The number of hydrogen-bond acceptors (Lipinski definition) is 2. The number of nitrogens with one attached hydrogen (secondary N) is 1. The molecule has 2 aliphatic rings. The molecule has 0 spiro atoms. The molecule has 0 aromatic carbocycles. The number of unbranched alkanes of at least 4 members (excludes halogenated alkanes) is 1. The van der Waals surface area contributed by atoms with Gasteiger partial charge >= 0.3 is 0 Å². The normalized spacial score (nSPS) is 25.7. The molecule has 1 saturated carbocycles. The highest BCUT2D eigenvalue weighted by Gasteiger charge is 2.33. The number of hydrogen-bond donors (Lipinski definition) is 1. The molecular weight excluding hydrogens is 236 g/mol. The van der Waals surface area contributed by atoms with Crippen LogP contribution >= 0.6 is 0 Å². The Balaban J connectivity index is 1.81. The molecule has 1 amide bonds. The Bertz CT molecular complexity index is 288. The lowest BCUT2D eigenvalue weighted by Crippen LogP contribution is -2.52. The molecule has 1 saturated heterocycles. The highest BCUT2D eigenvalue weighted by atomic mass is 16.2. The molecule has 110 valence electrons. The Morgan fingerprint density at radius 1 is 1.32 bits per heavy atom. The molecular formula is C16H30N2O. The second-order valence-electron chi connectivity index (χ2n) is 6.34. The molecule has 19 heavy (non-hydrogen) atoms. The van der Waals surface area contributed by atoms with E-state index in [1.54, 1.807) is 0 Å². The third-order valence-corrected chi connectivity index (χ3v) is 4.57. The van der Waals surface area contributed by atoms with E-state index in [0.29, 0.717) is 17.9 Å². The summed E-state index contributed by atoms with van der Waals surface area (Å²) in [5.41, 5.74) is 0. The molecule has 0 bridgehead atoms. The van der Waals surface area contributed by atoms with Crippen LogP contribution < -0.4 is 5.32 Å². The second-order valence-corrected chi connectivity index (χ2v) is 6.34. The molecule has 0 radical (unpaired) electrons. The zero-order valence-corrected chi connectivity index (χ0v) is 12.7. The van der Waals surface area contributed by atoms with Crippen LogP contribution in [0.4, 0.5) is 0 Å². The van der Waals surface area contributed by atoms with Crippen LogP contribution in [0.2, 0.25) is 0 Å². The average Bonchev–Trinajstić information content (AvgIpc) is 3.22. The van der Waals surface area contributed by atoms with Crippen molar-refractivity contribution in [2.75, 3.05) is 13.1 Å². The topological polar surface area (TPSA) is 32.3 Å². The number of piperidine rings is 1. The summed E-state index contributed by atoms with van der Waals surface area (Å²) in [7, 11) is 0. The van der Waals surface area contributed by atoms with Crippen molar-refractivity contribution in [2.24, 2.45) is 5.92 Å². The third kappa shape index (κ3) is 4.48. The van der Waals surface area contributed by atoms with Crippen LogP contribution in [0.3, 0.4) is 0 Å². The molecule has 2 fully saturated rings. The van der Waals surface area contributed by atoms with Crippen LogP contribution in [0.5, 0.6) is 0 Å². The van der Waals surface area contributed by atoms with E-state index in [9.17, 15) is 4.79 Å². The van der Waals surface area contributed by atoms with Gasteiger partial charge in [0, 0.05) is 19.1 Å². The van der Waals surface area contributed by atoms with Gasteiger partial charge in [-0.05, 0) is 38.0 Å². The SMILES string of the molecule is CCCCC(CC)CN1CCCC(NC2CC2)C1=O. The summed E-state index contributed by atoms with van der Waals surface area (Å²) in [6, 6.07) is 0.751. The highest BCUT2D eigenvalue weighted by molar-refractivity contribution is 5.82. The molecule has 2 rings (SSSR count). The van der Waals surface area contributed by atoms with Gasteiger partial charge in [0.25, 0.3) is 0 Å². The highest BCUT2D eigenvalue weighted by Crippen LogP contribution is 2.23. The van der Waals surface area contributed by atoms with Gasteiger partial charge in [-0.2, -0.15) is 0 Å². The maximum absolute atomic E-state index is 12.5. The second kappa shape index (κ2) is 7.28. The number of nitrogens with zero attached hydrogens (tertiary/aromatic N) is 1. The van der Waals surface area contributed by atoms with Crippen LogP contribution in [0, 0.1) is 5.92 Å². The molecule has 1 heterocycles. The number of carbonyl (C=O) groups is 1. The van der Waals surface area contributed by atoms with E-state index in [2.05, 4.69) is 24.1 Å². The summed E-state index contributed by atoms with van der Waals surface area (Å²) in [6.45, 7) is 6.46. The van der Waals surface area contributed by atoms with Crippen molar-refractivity contribution >= 4 is 5.91 Å². The van der Waals surface area contributed by atoms with Crippen molar-refractivity contribution < 1.29 is 4.79 Å². The zero-order valence-electron chi connectivity index (χ0n) is 12.7. The average molecular weight is 266 g/mol. The van der Waals surface area contributed by atoms with E-state index >= 15 is 0 Å². The molecule has 1 aliphatic carbocycles. The van der Waals surface area contributed by atoms with Crippen molar-refractivity contribution in [1.82, 2.24) is 10.2 Å². The van der Waals surface area contributed by atoms with E-state index in [1.165, 1.54) is 44.9 Å². The Hall–Kier alpha value is -0.570. The van der Waals surface area contributed by atoms with Gasteiger partial charge in [0.05, 0.1) is 6.04 Å². The van der Waals surface area contributed by atoms with Crippen molar-refractivity contribution in [3.8, 4) is 0 Å². The van der Waals surface area contributed by atoms with Crippen LogP contribution in [0.1, 0.15) is 65.2 Å². The molecule has 0 aromatic rings. The minimum atomic E-state index is 0.116. The maximum Gasteiger partial charge on any atom is 0.239 e. The summed E-state index contributed by atoms with van der Waals surface area (Å²) in [6.07, 6.45) is 9.76. The fraction of sp³-hybridized carbons (Fsp3) is 0.938. The van der Waals surface area contributed by atoms with Gasteiger partial charge in [-0.3, -0.25) is 4.79 Å². The number of rotatable bonds is 8. The smallest absolute Gasteiger partial charge is 0.239 e. The Labute approximate surface area is 118 Å². The van der Waals surface area contributed by atoms with Gasteiger partial charge in [0.1, 0.15) is 0 Å². The van der Waals surface area contributed by atoms with Crippen molar-refractivity contribution in [3.05, 3.63) is 0 Å². The van der Waals surface area contributed by atoms with E-state index in [0.717, 1.165) is 19.5 Å². The predicted octanol–water partition coefficient (Wildman–Crippen LogP) is 2.95.